The molecule has 0 N–H and O–H groups in total. The van der Waals surface area contributed by atoms with Gasteiger partial charge in [0.15, 0.2) is 0 Å². The van der Waals surface area contributed by atoms with Crippen LogP contribution in [-0.2, 0) is 9.47 Å². The summed E-state index contributed by atoms with van der Waals surface area (Å²) < 4.78 is 11.6. The molecule has 2 fully saturated rings. The molecule has 1 amide bonds. The second-order valence-corrected chi connectivity index (χ2v) is 5.65. The highest BCUT2D eigenvalue weighted by atomic mass is 16.5. The Hall–Kier alpha value is -1.79. The van der Waals surface area contributed by atoms with E-state index in [1.807, 2.05) is 4.90 Å². The molecule has 0 saturated carbocycles. The molecule has 3 rings (SSSR count). The summed E-state index contributed by atoms with van der Waals surface area (Å²) in [5, 5.41) is 0. The van der Waals surface area contributed by atoms with Gasteiger partial charge in [0.2, 0.25) is 0 Å². The van der Waals surface area contributed by atoms with Crippen molar-refractivity contribution in [3.05, 3.63) is 36.9 Å². The topological polar surface area (TPSA) is 64.5 Å². The fraction of sp³-hybridized carbons (Fsp3) is 0.562. The Morgan fingerprint density at radius 2 is 2.36 bits per heavy atom. The molecule has 0 aliphatic carbocycles. The molecular weight excluding hydrogens is 282 g/mol. The first kappa shape index (κ1) is 15.1. The van der Waals surface area contributed by atoms with E-state index in [0.717, 1.165) is 19.3 Å². The van der Waals surface area contributed by atoms with E-state index < -0.39 is 0 Å². The van der Waals surface area contributed by atoms with Crippen LogP contribution in [0.4, 0.5) is 0 Å². The number of aromatic nitrogens is 2. The van der Waals surface area contributed by atoms with Crippen molar-refractivity contribution in [1.29, 1.82) is 0 Å². The van der Waals surface area contributed by atoms with Crippen molar-refractivity contribution >= 4 is 5.91 Å². The Labute approximate surface area is 130 Å². The third-order valence-electron chi connectivity index (χ3n) is 4.22. The van der Waals surface area contributed by atoms with Crippen molar-refractivity contribution in [3.63, 3.8) is 0 Å². The van der Waals surface area contributed by atoms with Gasteiger partial charge in [-0.05, 0) is 19.3 Å². The summed E-state index contributed by atoms with van der Waals surface area (Å²) in [6, 6.07) is 0.144. The van der Waals surface area contributed by atoms with Gasteiger partial charge in [-0.2, -0.15) is 0 Å². The smallest absolute Gasteiger partial charge is 0.274 e. The number of likely N-dealkylation sites (tertiary alicyclic amines) is 1. The monoisotopic (exact) mass is 303 g/mol. The summed E-state index contributed by atoms with van der Waals surface area (Å²) in [4.78, 5) is 22.5. The van der Waals surface area contributed by atoms with Gasteiger partial charge < -0.3 is 14.4 Å². The number of hydrogen-bond donors (Lipinski definition) is 0. The first-order chi connectivity index (χ1) is 10.8. The van der Waals surface area contributed by atoms with Gasteiger partial charge in [-0.15, -0.1) is 6.58 Å². The molecule has 1 aromatic rings. The van der Waals surface area contributed by atoms with Crippen molar-refractivity contribution in [2.24, 2.45) is 0 Å². The van der Waals surface area contributed by atoms with E-state index in [2.05, 4.69) is 16.5 Å². The molecule has 0 bridgehead atoms. The van der Waals surface area contributed by atoms with Gasteiger partial charge in [-0.3, -0.25) is 9.78 Å². The molecule has 6 nitrogen and oxygen atoms in total. The number of fused-ring (bicyclic) bond motifs is 1. The van der Waals surface area contributed by atoms with E-state index in [4.69, 9.17) is 9.47 Å². The minimum atomic E-state index is -0.0504. The molecular formula is C16H21N3O3. The average molecular weight is 303 g/mol. The predicted octanol–water partition coefficient (Wildman–Crippen LogP) is 1.44. The zero-order chi connectivity index (χ0) is 15.4. The van der Waals surface area contributed by atoms with Gasteiger partial charge in [-0.1, -0.05) is 6.08 Å². The molecule has 0 unspecified atom stereocenters. The molecule has 0 spiro atoms. The Bertz CT molecular complexity index is 523. The summed E-state index contributed by atoms with van der Waals surface area (Å²) in [7, 11) is 0. The lowest BCUT2D eigenvalue weighted by molar-refractivity contribution is -0.0937. The highest BCUT2D eigenvalue weighted by molar-refractivity contribution is 5.92. The van der Waals surface area contributed by atoms with E-state index >= 15 is 0 Å². The van der Waals surface area contributed by atoms with Gasteiger partial charge >= 0.3 is 0 Å². The normalized spacial score (nSPS) is 27.5. The molecule has 0 aromatic carbocycles. The van der Waals surface area contributed by atoms with Gasteiger partial charge in [0.05, 0.1) is 37.7 Å². The highest BCUT2D eigenvalue weighted by Gasteiger charge is 2.42. The number of carbonyl (C=O) groups is 1. The molecule has 1 aromatic heterocycles. The quantitative estimate of drug-likeness (QED) is 0.608. The molecule has 2 saturated heterocycles. The fourth-order valence-corrected chi connectivity index (χ4v) is 3.21. The Balaban J connectivity index is 1.58. The average Bonchev–Trinajstić information content (AvgIpc) is 2.98. The van der Waals surface area contributed by atoms with Crippen molar-refractivity contribution in [2.45, 2.75) is 37.5 Å². The Kier molecular flexibility index (Phi) is 4.80. The minimum absolute atomic E-state index is 0.0504. The van der Waals surface area contributed by atoms with E-state index in [1.165, 1.54) is 6.20 Å². The number of hydrogen-bond acceptors (Lipinski definition) is 5. The molecule has 3 heterocycles. The molecule has 118 valence electrons. The first-order valence-electron chi connectivity index (χ1n) is 7.70. The van der Waals surface area contributed by atoms with Crippen LogP contribution in [0.15, 0.2) is 31.2 Å². The fourth-order valence-electron chi connectivity index (χ4n) is 3.21. The van der Waals surface area contributed by atoms with E-state index in [0.29, 0.717) is 25.5 Å². The third kappa shape index (κ3) is 3.18. The molecule has 6 heteroatoms. The third-order valence-corrected chi connectivity index (χ3v) is 4.22. The number of nitrogens with zero attached hydrogens (tertiary/aromatic N) is 3. The summed E-state index contributed by atoms with van der Waals surface area (Å²) >= 11 is 0. The minimum Gasteiger partial charge on any atom is -0.375 e. The van der Waals surface area contributed by atoms with Crippen LogP contribution in [0.5, 0.6) is 0 Å². The maximum Gasteiger partial charge on any atom is 0.274 e. The van der Waals surface area contributed by atoms with Gasteiger partial charge in [-0.25, -0.2) is 4.98 Å². The molecule has 2 aliphatic heterocycles. The lowest BCUT2D eigenvalue weighted by Crippen LogP contribution is -2.46. The second-order valence-electron chi connectivity index (χ2n) is 5.65. The second kappa shape index (κ2) is 6.98. The number of ether oxygens (including phenoxy) is 2. The van der Waals surface area contributed by atoms with Crippen molar-refractivity contribution in [3.8, 4) is 0 Å². The van der Waals surface area contributed by atoms with E-state index in [1.54, 1.807) is 18.5 Å². The van der Waals surface area contributed by atoms with Crippen LogP contribution >= 0.6 is 0 Å². The lowest BCUT2D eigenvalue weighted by atomic mass is 9.99. The van der Waals surface area contributed by atoms with Crippen molar-refractivity contribution in [2.75, 3.05) is 19.8 Å². The molecule has 2 aliphatic rings. The van der Waals surface area contributed by atoms with Crippen LogP contribution < -0.4 is 0 Å². The SMILES string of the molecule is C=CCOC[C@@H]1CC[C@@H]2[C@@H](CCN2C(=O)c2cnccn2)O1. The standard InChI is InChI=1S/C16H21N3O3/c1-2-9-21-11-12-3-4-14-15(22-12)5-8-19(14)16(20)13-10-17-6-7-18-13/h2,6-7,10,12,14-15H,1,3-5,8-9,11H2/t12-,14+,15+/m0/s1. The van der Waals surface area contributed by atoms with Crippen molar-refractivity contribution < 1.29 is 14.3 Å². The lowest BCUT2D eigenvalue weighted by Gasteiger charge is -2.35. The maximum absolute atomic E-state index is 12.5. The van der Waals surface area contributed by atoms with Crippen LogP contribution in [0.2, 0.25) is 0 Å². The first-order valence-corrected chi connectivity index (χ1v) is 7.70. The zero-order valence-corrected chi connectivity index (χ0v) is 12.6. The molecule has 3 atom stereocenters. The van der Waals surface area contributed by atoms with Crippen LogP contribution in [-0.4, -0.2) is 58.8 Å². The number of rotatable bonds is 5. The highest BCUT2D eigenvalue weighted by Crippen LogP contribution is 2.32. The van der Waals surface area contributed by atoms with Crippen molar-refractivity contribution in [1.82, 2.24) is 14.9 Å². The van der Waals surface area contributed by atoms with Gasteiger partial charge in [0, 0.05) is 18.9 Å². The summed E-state index contributed by atoms with van der Waals surface area (Å²) in [6.07, 6.45) is 9.31. The number of carbonyl (C=O) groups excluding carboxylic acids is 1. The largest absolute Gasteiger partial charge is 0.375 e. The Morgan fingerprint density at radius 1 is 1.45 bits per heavy atom. The van der Waals surface area contributed by atoms with Crippen LogP contribution in [0, 0.1) is 0 Å². The molecule has 0 radical (unpaired) electrons. The van der Waals surface area contributed by atoms with Gasteiger partial charge in [0.25, 0.3) is 5.91 Å². The maximum atomic E-state index is 12.5. The summed E-state index contributed by atoms with van der Waals surface area (Å²) in [5.74, 6) is -0.0504. The van der Waals surface area contributed by atoms with Crippen LogP contribution in [0.1, 0.15) is 29.8 Å². The van der Waals surface area contributed by atoms with Crippen LogP contribution in [0.3, 0.4) is 0 Å². The van der Waals surface area contributed by atoms with Crippen LogP contribution in [0.25, 0.3) is 0 Å². The zero-order valence-electron chi connectivity index (χ0n) is 12.6. The predicted molar refractivity (Wildman–Crippen MR) is 80.4 cm³/mol. The molecule has 22 heavy (non-hydrogen) atoms. The summed E-state index contributed by atoms with van der Waals surface area (Å²) in [5.41, 5.74) is 0.402. The Morgan fingerprint density at radius 3 is 3.14 bits per heavy atom. The van der Waals surface area contributed by atoms with Gasteiger partial charge in [0.1, 0.15) is 5.69 Å². The number of amides is 1. The van der Waals surface area contributed by atoms with E-state index in [-0.39, 0.29) is 24.2 Å². The van der Waals surface area contributed by atoms with E-state index in [9.17, 15) is 4.79 Å². The summed E-state index contributed by atoms with van der Waals surface area (Å²) in [6.45, 7) is 5.48.